The third-order valence-electron chi connectivity index (χ3n) is 3.94. The molecule has 146 valence electrons. The maximum Gasteiger partial charge on any atom is 0.501 e. The third kappa shape index (κ3) is 4.16. The summed E-state index contributed by atoms with van der Waals surface area (Å²) in [7, 11) is -5.37. The van der Waals surface area contributed by atoms with Gasteiger partial charge >= 0.3 is 5.51 Å². The molecule has 0 bridgehead atoms. The monoisotopic (exact) mass is 405 g/mol. The van der Waals surface area contributed by atoms with Crippen molar-refractivity contribution in [3.05, 3.63) is 53.3 Å². The summed E-state index contributed by atoms with van der Waals surface area (Å²) in [5.74, 6) is 0.149. The Labute approximate surface area is 152 Å². The topological polar surface area (TPSA) is 64.6 Å². The highest BCUT2D eigenvalue weighted by Crippen LogP contribution is 2.31. The van der Waals surface area contributed by atoms with Crippen molar-refractivity contribution in [2.45, 2.75) is 23.4 Å². The summed E-state index contributed by atoms with van der Waals surface area (Å²) in [6.45, 7) is 0.669. The summed E-state index contributed by atoms with van der Waals surface area (Å²) in [6, 6.07) is 6.94. The van der Waals surface area contributed by atoms with E-state index in [9.17, 15) is 26.0 Å². The Morgan fingerprint density at radius 2 is 1.81 bits per heavy atom. The van der Waals surface area contributed by atoms with Gasteiger partial charge in [-0.2, -0.15) is 13.2 Å². The van der Waals surface area contributed by atoms with Gasteiger partial charge in [-0.15, -0.1) is 0 Å². The van der Waals surface area contributed by atoms with E-state index in [1.807, 2.05) is 0 Å². The number of sulfone groups is 1. The summed E-state index contributed by atoms with van der Waals surface area (Å²) in [5, 5.41) is 2.95. The lowest BCUT2D eigenvalue weighted by molar-refractivity contribution is -0.0436. The minimum absolute atomic E-state index is 0.0776. The van der Waals surface area contributed by atoms with Crippen LogP contribution < -0.4 is 10.1 Å². The second kappa shape index (κ2) is 7.35. The molecule has 0 radical (unpaired) electrons. The van der Waals surface area contributed by atoms with Gasteiger partial charge in [-0.1, -0.05) is 0 Å². The standard InChI is InChI=1S/C17H15F4NO4S/c18-13-7-11(16-12(8-13)9-25-10-26-16)5-6-22-14-1-3-15(4-2-14)27(23,24)17(19,20)21/h1-4,7-8,22H,5-6,9-10H2. The van der Waals surface area contributed by atoms with Gasteiger partial charge in [-0.05, 0) is 48.4 Å². The summed E-state index contributed by atoms with van der Waals surface area (Å²) >= 11 is 0. The molecular formula is C17H15F4NO4S. The van der Waals surface area contributed by atoms with Crippen LogP contribution in [0.25, 0.3) is 0 Å². The fourth-order valence-electron chi connectivity index (χ4n) is 2.67. The van der Waals surface area contributed by atoms with Gasteiger partial charge in [0.25, 0.3) is 9.84 Å². The Hall–Kier alpha value is -2.33. The molecule has 0 aromatic heterocycles. The van der Waals surface area contributed by atoms with E-state index < -0.39 is 26.1 Å². The first-order chi connectivity index (χ1) is 12.7. The maximum absolute atomic E-state index is 13.7. The quantitative estimate of drug-likeness (QED) is 0.770. The van der Waals surface area contributed by atoms with E-state index in [2.05, 4.69) is 5.32 Å². The molecule has 10 heteroatoms. The van der Waals surface area contributed by atoms with Crippen LogP contribution in [0.5, 0.6) is 5.75 Å². The normalized spacial score (nSPS) is 14.4. The van der Waals surface area contributed by atoms with Crippen LogP contribution in [0.3, 0.4) is 0 Å². The number of fused-ring (bicyclic) bond motifs is 1. The van der Waals surface area contributed by atoms with Gasteiger partial charge in [0.15, 0.2) is 6.79 Å². The molecule has 1 aliphatic rings. The lowest BCUT2D eigenvalue weighted by Crippen LogP contribution is -2.23. The highest BCUT2D eigenvalue weighted by Gasteiger charge is 2.46. The number of halogens is 4. The molecule has 1 N–H and O–H groups in total. The molecule has 0 amide bonds. The van der Waals surface area contributed by atoms with E-state index in [4.69, 9.17) is 9.47 Å². The van der Waals surface area contributed by atoms with E-state index in [0.29, 0.717) is 35.5 Å². The van der Waals surface area contributed by atoms with Crippen molar-refractivity contribution >= 4 is 15.5 Å². The van der Waals surface area contributed by atoms with Crippen LogP contribution in [0.1, 0.15) is 11.1 Å². The Bertz CT molecular complexity index is 927. The van der Waals surface area contributed by atoms with Crippen LogP contribution in [0.15, 0.2) is 41.3 Å². The average molecular weight is 405 g/mol. The zero-order chi connectivity index (χ0) is 19.7. The molecule has 1 aliphatic heterocycles. The van der Waals surface area contributed by atoms with Crippen molar-refractivity contribution in [2.75, 3.05) is 18.7 Å². The number of rotatable bonds is 5. The van der Waals surface area contributed by atoms with Crippen LogP contribution in [0.4, 0.5) is 23.2 Å². The Morgan fingerprint density at radius 3 is 2.48 bits per heavy atom. The molecule has 0 aliphatic carbocycles. The maximum atomic E-state index is 13.7. The van der Waals surface area contributed by atoms with Crippen molar-refractivity contribution in [3.8, 4) is 5.75 Å². The molecule has 0 fully saturated rings. The van der Waals surface area contributed by atoms with E-state index in [1.54, 1.807) is 0 Å². The molecule has 2 aromatic rings. The molecule has 0 unspecified atom stereocenters. The zero-order valence-corrected chi connectivity index (χ0v) is 14.7. The number of hydrogen-bond acceptors (Lipinski definition) is 5. The number of nitrogens with one attached hydrogen (secondary N) is 1. The second-order valence-electron chi connectivity index (χ2n) is 5.81. The van der Waals surface area contributed by atoms with Crippen LogP contribution >= 0.6 is 0 Å². The van der Waals surface area contributed by atoms with Crippen molar-refractivity contribution in [2.24, 2.45) is 0 Å². The van der Waals surface area contributed by atoms with E-state index in [-0.39, 0.29) is 13.4 Å². The van der Waals surface area contributed by atoms with Crippen molar-refractivity contribution in [3.63, 3.8) is 0 Å². The number of benzene rings is 2. The van der Waals surface area contributed by atoms with Gasteiger partial charge in [0.2, 0.25) is 0 Å². The molecule has 0 saturated carbocycles. The Kier molecular flexibility index (Phi) is 5.29. The van der Waals surface area contributed by atoms with Gasteiger partial charge in [0.05, 0.1) is 11.5 Å². The molecule has 0 atom stereocenters. The second-order valence-corrected chi connectivity index (χ2v) is 7.76. The van der Waals surface area contributed by atoms with Crippen molar-refractivity contribution < 1.29 is 35.5 Å². The Morgan fingerprint density at radius 1 is 1.11 bits per heavy atom. The molecule has 3 rings (SSSR count). The lowest BCUT2D eigenvalue weighted by atomic mass is 10.1. The van der Waals surface area contributed by atoms with Crippen LogP contribution in [-0.4, -0.2) is 27.3 Å². The predicted molar refractivity (Wildman–Crippen MR) is 88.6 cm³/mol. The fourth-order valence-corrected chi connectivity index (χ4v) is 3.43. The third-order valence-corrected chi connectivity index (χ3v) is 5.45. The number of ether oxygens (including phenoxy) is 2. The van der Waals surface area contributed by atoms with Gasteiger partial charge in [-0.3, -0.25) is 0 Å². The smallest absolute Gasteiger partial charge is 0.467 e. The van der Waals surface area contributed by atoms with Crippen LogP contribution in [0.2, 0.25) is 0 Å². The molecule has 27 heavy (non-hydrogen) atoms. The molecule has 1 heterocycles. The van der Waals surface area contributed by atoms with E-state index in [1.165, 1.54) is 24.3 Å². The van der Waals surface area contributed by atoms with E-state index >= 15 is 0 Å². The first-order valence-electron chi connectivity index (χ1n) is 7.85. The highest BCUT2D eigenvalue weighted by atomic mass is 32.2. The van der Waals surface area contributed by atoms with Crippen molar-refractivity contribution in [1.29, 1.82) is 0 Å². The summed E-state index contributed by atoms with van der Waals surface area (Å²) < 4.78 is 84.4. The summed E-state index contributed by atoms with van der Waals surface area (Å²) in [6.07, 6.45) is 0.392. The number of anilines is 1. The van der Waals surface area contributed by atoms with Gasteiger partial charge in [-0.25, -0.2) is 12.8 Å². The summed E-state index contributed by atoms with van der Waals surface area (Å²) in [5.41, 5.74) is -3.66. The van der Waals surface area contributed by atoms with Gasteiger partial charge in [0, 0.05) is 17.8 Å². The predicted octanol–water partition coefficient (Wildman–Crippen LogP) is 3.64. The van der Waals surface area contributed by atoms with Crippen LogP contribution in [0, 0.1) is 5.82 Å². The lowest BCUT2D eigenvalue weighted by Gasteiger charge is -2.21. The molecule has 0 spiro atoms. The minimum Gasteiger partial charge on any atom is -0.467 e. The van der Waals surface area contributed by atoms with Gasteiger partial charge in [0.1, 0.15) is 11.6 Å². The number of hydrogen-bond donors (Lipinski definition) is 1. The first-order valence-corrected chi connectivity index (χ1v) is 9.34. The Balaban J connectivity index is 1.66. The largest absolute Gasteiger partial charge is 0.501 e. The highest BCUT2D eigenvalue weighted by molar-refractivity contribution is 7.92. The zero-order valence-electron chi connectivity index (χ0n) is 13.8. The summed E-state index contributed by atoms with van der Waals surface area (Å²) in [4.78, 5) is -0.826. The van der Waals surface area contributed by atoms with E-state index in [0.717, 1.165) is 12.1 Å². The molecule has 5 nitrogen and oxygen atoms in total. The van der Waals surface area contributed by atoms with Gasteiger partial charge < -0.3 is 14.8 Å². The first kappa shape index (κ1) is 19.4. The molecule has 2 aromatic carbocycles. The van der Waals surface area contributed by atoms with Crippen molar-refractivity contribution in [1.82, 2.24) is 0 Å². The molecule has 0 saturated heterocycles. The fraction of sp³-hybridized carbons (Fsp3) is 0.294. The number of alkyl halides is 3. The minimum atomic E-state index is -5.37. The molecular weight excluding hydrogens is 390 g/mol. The van der Waals surface area contributed by atoms with Crippen LogP contribution in [-0.2, 0) is 27.6 Å². The average Bonchev–Trinajstić information content (AvgIpc) is 2.61. The SMILES string of the molecule is O=S(=O)(c1ccc(NCCc2cc(F)cc3c2OCOC3)cc1)C(F)(F)F.